The number of halogens is 2. The van der Waals surface area contributed by atoms with Crippen molar-refractivity contribution in [3.8, 4) is 0 Å². The van der Waals surface area contributed by atoms with Gasteiger partial charge in [-0.25, -0.2) is 12.8 Å². The number of hydrogen-bond acceptors (Lipinski definition) is 3. The van der Waals surface area contributed by atoms with Gasteiger partial charge in [0, 0.05) is 25.3 Å². The summed E-state index contributed by atoms with van der Waals surface area (Å²) in [6, 6.07) is 8.83. The Bertz CT molecular complexity index is 836. The minimum absolute atomic E-state index is 0.0186. The van der Waals surface area contributed by atoms with E-state index in [-0.39, 0.29) is 27.1 Å². The van der Waals surface area contributed by atoms with Crippen molar-refractivity contribution in [2.45, 2.75) is 4.90 Å². The van der Waals surface area contributed by atoms with Crippen LogP contribution in [-0.2, 0) is 10.0 Å². The fourth-order valence-corrected chi connectivity index (χ4v) is 3.41. The summed E-state index contributed by atoms with van der Waals surface area (Å²) in [5.74, 6) is -0.829. The summed E-state index contributed by atoms with van der Waals surface area (Å²) >= 11 is 5.95. The van der Waals surface area contributed by atoms with E-state index in [1.54, 1.807) is 14.1 Å². The number of hydrogen-bond donors (Lipinski definition) is 1. The van der Waals surface area contributed by atoms with Crippen LogP contribution in [-0.4, -0.2) is 33.3 Å². The van der Waals surface area contributed by atoms with E-state index < -0.39 is 15.8 Å². The lowest BCUT2D eigenvalue weighted by atomic mass is 10.2. The van der Waals surface area contributed by atoms with E-state index in [9.17, 15) is 17.6 Å². The minimum atomic E-state index is -4.01. The Morgan fingerprint density at radius 1 is 1.13 bits per heavy atom. The molecule has 0 radical (unpaired) electrons. The third kappa shape index (κ3) is 4.00. The van der Waals surface area contributed by atoms with Crippen LogP contribution in [0.3, 0.4) is 0 Å². The van der Waals surface area contributed by atoms with Crippen molar-refractivity contribution in [2.24, 2.45) is 0 Å². The summed E-state index contributed by atoms with van der Waals surface area (Å²) in [7, 11) is -0.899. The molecule has 0 spiro atoms. The van der Waals surface area contributed by atoms with Crippen molar-refractivity contribution in [3.63, 3.8) is 0 Å². The van der Waals surface area contributed by atoms with Crippen molar-refractivity contribution in [1.29, 1.82) is 0 Å². The van der Waals surface area contributed by atoms with Gasteiger partial charge in [-0.15, -0.1) is 0 Å². The fourth-order valence-electron chi connectivity index (χ4n) is 1.83. The van der Waals surface area contributed by atoms with Gasteiger partial charge in [-0.1, -0.05) is 11.6 Å². The maximum Gasteiger partial charge on any atom is 0.263 e. The van der Waals surface area contributed by atoms with E-state index in [4.69, 9.17) is 11.6 Å². The largest absolute Gasteiger partial charge is 0.345 e. The molecule has 5 nitrogen and oxygen atoms in total. The maximum absolute atomic E-state index is 12.9. The number of rotatable bonds is 4. The van der Waals surface area contributed by atoms with Gasteiger partial charge >= 0.3 is 0 Å². The topological polar surface area (TPSA) is 66.5 Å². The van der Waals surface area contributed by atoms with Crippen LogP contribution in [0.5, 0.6) is 0 Å². The molecule has 0 aliphatic rings. The Hall–Kier alpha value is -2.12. The van der Waals surface area contributed by atoms with E-state index >= 15 is 0 Å². The van der Waals surface area contributed by atoms with Gasteiger partial charge in [0.25, 0.3) is 15.9 Å². The molecule has 23 heavy (non-hydrogen) atoms. The highest BCUT2D eigenvalue weighted by molar-refractivity contribution is 7.92. The lowest BCUT2D eigenvalue weighted by molar-refractivity contribution is 0.0827. The second-order valence-electron chi connectivity index (χ2n) is 4.96. The van der Waals surface area contributed by atoms with Gasteiger partial charge in [-0.2, -0.15) is 0 Å². The van der Waals surface area contributed by atoms with Crippen LogP contribution < -0.4 is 4.72 Å². The zero-order valence-electron chi connectivity index (χ0n) is 12.4. The molecule has 0 aliphatic heterocycles. The van der Waals surface area contributed by atoms with Crippen LogP contribution in [0.2, 0.25) is 5.02 Å². The van der Waals surface area contributed by atoms with Crippen LogP contribution in [0, 0.1) is 5.82 Å². The van der Waals surface area contributed by atoms with Crippen LogP contribution in [0.15, 0.2) is 47.4 Å². The average molecular weight is 357 g/mol. The molecule has 2 rings (SSSR count). The Kier molecular flexibility index (Phi) is 4.91. The van der Waals surface area contributed by atoms with Gasteiger partial charge in [0.2, 0.25) is 0 Å². The summed E-state index contributed by atoms with van der Waals surface area (Å²) in [6.45, 7) is 0. The monoisotopic (exact) mass is 356 g/mol. The molecule has 0 heterocycles. The fraction of sp³-hybridized carbons (Fsp3) is 0.133. The average Bonchev–Trinajstić information content (AvgIpc) is 2.49. The van der Waals surface area contributed by atoms with Crippen molar-refractivity contribution >= 4 is 33.2 Å². The van der Waals surface area contributed by atoms with E-state index in [1.807, 2.05) is 0 Å². The number of benzene rings is 2. The van der Waals surface area contributed by atoms with Gasteiger partial charge in [0.15, 0.2) is 0 Å². The molecular formula is C15H14ClFN2O3S. The van der Waals surface area contributed by atoms with Gasteiger partial charge in [-0.05, 0) is 42.5 Å². The summed E-state index contributed by atoms with van der Waals surface area (Å²) in [6.07, 6.45) is 0. The van der Waals surface area contributed by atoms with E-state index in [0.29, 0.717) is 0 Å². The van der Waals surface area contributed by atoms with E-state index in [1.165, 1.54) is 35.2 Å². The second-order valence-corrected chi connectivity index (χ2v) is 7.02. The molecule has 0 atom stereocenters. The third-order valence-corrected chi connectivity index (χ3v) is 4.83. The molecule has 2 aromatic carbocycles. The van der Waals surface area contributed by atoms with Crippen molar-refractivity contribution in [1.82, 2.24) is 4.90 Å². The quantitative estimate of drug-likeness (QED) is 0.915. The Balaban J connectivity index is 2.40. The summed E-state index contributed by atoms with van der Waals surface area (Å²) in [5.41, 5.74) is 0.380. The van der Waals surface area contributed by atoms with Crippen LogP contribution in [0.4, 0.5) is 10.1 Å². The normalized spacial score (nSPS) is 11.1. The molecule has 0 aromatic heterocycles. The summed E-state index contributed by atoms with van der Waals surface area (Å²) in [5, 5.41) is -0.0186. The van der Waals surface area contributed by atoms with Crippen molar-refractivity contribution in [3.05, 3.63) is 58.9 Å². The number of anilines is 1. The number of sulfonamides is 1. The number of nitrogens with zero attached hydrogens (tertiary/aromatic N) is 1. The van der Waals surface area contributed by atoms with Gasteiger partial charge in [-0.3, -0.25) is 9.52 Å². The Labute approximate surface area is 138 Å². The van der Waals surface area contributed by atoms with Crippen LogP contribution >= 0.6 is 11.6 Å². The predicted molar refractivity (Wildman–Crippen MR) is 86.7 cm³/mol. The highest BCUT2D eigenvalue weighted by Crippen LogP contribution is 2.25. The SMILES string of the molecule is CN(C)C(=O)c1ccc(Cl)c(S(=O)(=O)Nc2ccc(F)cc2)c1. The summed E-state index contributed by atoms with van der Waals surface area (Å²) in [4.78, 5) is 13.1. The molecule has 0 bridgehead atoms. The van der Waals surface area contributed by atoms with Gasteiger partial charge < -0.3 is 4.90 Å². The molecule has 1 N–H and O–H groups in total. The zero-order valence-corrected chi connectivity index (χ0v) is 14.0. The van der Waals surface area contributed by atoms with Gasteiger partial charge in [0.05, 0.1) is 5.02 Å². The maximum atomic E-state index is 12.9. The van der Waals surface area contributed by atoms with Gasteiger partial charge in [0.1, 0.15) is 10.7 Å². The molecule has 0 aliphatic carbocycles. The molecule has 0 unspecified atom stereocenters. The van der Waals surface area contributed by atoms with Crippen LogP contribution in [0.1, 0.15) is 10.4 Å². The first-order chi connectivity index (χ1) is 10.7. The Morgan fingerprint density at radius 2 is 1.74 bits per heavy atom. The highest BCUT2D eigenvalue weighted by atomic mass is 35.5. The third-order valence-electron chi connectivity index (χ3n) is 2.97. The molecule has 0 saturated carbocycles. The standard InChI is InChI=1S/C15H14ClFN2O3S/c1-19(2)15(20)10-3-8-13(16)14(9-10)23(21,22)18-12-6-4-11(17)5-7-12/h3-9,18H,1-2H3. The molecule has 0 fully saturated rings. The predicted octanol–water partition coefficient (Wildman–Crippen LogP) is 2.98. The molecular weight excluding hydrogens is 343 g/mol. The van der Waals surface area contributed by atoms with Crippen LogP contribution in [0.25, 0.3) is 0 Å². The Morgan fingerprint density at radius 3 is 2.30 bits per heavy atom. The number of amides is 1. The number of nitrogens with one attached hydrogen (secondary N) is 1. The highest BCUT2D eigenvalue weighted by Gasteiger charge is 2.21. The molecule has 0 saturated heterocycles. The smallest absolute Gasteiger partial charge is 0.263 e. The van der Waals surface area contributed by atoms with Crippen molar-refractivity contribution < 1.29 is 17.6 Å². The summed E-state index contributed by atoms with van der Waals surface area (Å²) < 4.78 is 40.1. The number of carbonyl (C=O) groups is 1. The molecule has 122 valence electrons. The van der Waals surface area contributed by atoms with E-state index in [2.05, 4.69) is 4.72 Å². The zero-order chi connectivity index (χ0) is 17.2. The number of carbonyl (C=O) groups excluding carboxylic acids is 1. The lowest BCUT2D eigenvalue weighted by Gasteiger charge is -2.13. The first-order valence-corrected chi connectivity index (χ1v) is 8.36. The molecule has 2 aromatic rings. The molecule has 8 heteroatoms. The van der Waals surface area contributed by atoms with E-state index in [0.717, 1.165) is 12.1 Å². The lowest BCUT2D eigenvalue weighted by Crippen LogP contribution is -2.22. The first-order valence-electron chi connectivity index (χ1n) is 6.50. The second kappa shape index (κ2) is 6.55. The minimum Gasteiger partial charge on any atom is -0.345 e. The molecule has 1 amide bonds. The van der Waals surface area contributed by atoms with Crippen molar-refractivity contribution in [2.75, 3.05) is 18.8 Å². The first kappa shape index (κ1) is 17.2.